The van der Waals surface area contributed by atoms with Crippen molar-refractivity contribution in [3.05, 3.63) is 77.9 Å². The molecule has 0 radical (unpaired) electrons. The second kappa shape index (κ2) is 7.71. The predicted molar refractivity (Wildman–Crippen MR) is 103 cm³/mol. The Hall–Kier alpha value is -3.32. The molecule has 4 nitrogen and oxygen atoms in total. The summed E-state index contributed by atoms with van der Waals surface area (Å²) in [5, 5.41) is 0. The molecule has 0 aliphatic heterocycles. The summed E-state index contributed by atoms with van der Waals surface area (Å²) < 4.78 is 7.00. The van der Waals surface area contributed by atoms with Crippen molar-refractivity contribution in [1.29, 1.82) is 0 Å². The average Bonchev–Trinajstić information content (AvgIpc) is 3.08. The normalized spacial score (nSPS) is 10.3. The van der Waals surface area contributed by atoms with E-state index in [2.05, 4.69) is 17.0 Å². The molecule has 0 aliphatic carbocycles. The molecule has 3 aromatic rings. The molecule has 0 saturated carbocycles. The van der Waals surface area contributed by atoms with Gasteiger partial charge in [0.1, 0.15) is 5.69 Å². The molecule has 1 heterocycles. The van der Waals surface area contributed by atoms with Crippen molar-refractivity contribution >= 4 is 11.7 Å². The van der Waals surface area contributed by atoms with Gasteiger partial charge in [0.2, 0.25) is 5.69 Å². The summed E-state index contributed by atoms with van der Waals surface area (Å²) in [7, 11) is 0. The monoisotopic (exact) mass is 344 g/mol. The minimum Gasteiger partial charge on any atom is -0.461 e. The van der Waals surface area contributed by atoms with Crippen molar-refractivity contribution < 1.29 is 9.53 Å². The molecule has 0 saturated heterocycles. The Morgan fingerprint density at radius 2 is 1.62 bits per heavy atom. The summed E-state index contributed by atoms with van der Waals surface area (Å²) in [6.07, 6.45) is 1.72. The SMILES string of the molecule is [C-]#[N+]c1cn(CC)c(C(=O)OCC)c1-c1ccc(-c2ccccc2)cc1. The maximum atomic E-state index is 12.5. The molecule has 26 heavy (non-hydrogen) atoms. The zero-order valence-electron chi connectivity index (χ0n) is 14.9. The lowest BCUT2D eigenvalue weighted by Crippen LogP contribution is -2.12. The minimum atomic E-state index is -0.397. The van der Waals surface area contributed by atoms with Crippen molar-refractivity contribution in [2.75, 3.05) is 6.61 Å². The van der Waals surface area contributed by atoms with Crippen LogP contribution in [0.2, 0.25) is 0 Å². The summed E-state index contributed by atoms with van der Waals surface area (Å²) in [6, 6.07) is 18.0. The van der Waals surface area contributed by atoms with Crippen LogP contribution in [-0.4, -0.2) is 17.1 Å². The van der Waals surface area contributed by atoms with Crippen LogP contribution in [0.4, 0.5) is 5.69 Å². The molecule has 0 fully saturated rings. The largest absolute Gasteiger partial charge is 0.461 e. The van der Waals surface area contributed by atoms with E-state index in [0.29, 0.717) is 30.1 Å². The van der Waals surface area contributed by atoms with Gasteiger partial charge >= 0.3 is 5.97 Å². The zero-order valence-corrected chi connectivity index (χ0v) is 14.9. The highest BCUT2D eigenvalue weighted by Gasteiger charge is 2.23. The number of benzene rings is 2. The minimum absolute atomic E-state index is 0.299. The zero-order chi connectivity index (χ0) is 18.5. The third kappa shape index (κ3) is 3.25. The highest BCUT2D eigenvalue weighted by molar-refractivity contribution is 6.00. The molecular weight excluding hydrogens is 324 g/mol. The van der Waals surface area contributed by atoms with Gasteiger partial charge in [-0.25, -0.2) is 9.64 Å². The maximum Gasteiger partial charge on any atom is 0.354 e. The van der Waals surface area contributed by atoms with Gasteiger partial charge in [0, 0.05) is 18.3 Å². The van der Waals surface area contributed by atoms with Crippen LogP contribution in [0.25, 0.3) is 27.1 Å². The van der Waals surface area contributed by atoms with Gasteiger partial charge in [-0.1, -0.05) is 54.6 Å². The topological polar surface area (TPSA) is 35.6 Å². The summed E-state index contributed by atoms with van der Waals surface area (Å²) >= 11 is 0. The number of nitrogens with zero attached hydrogens (tertiary/aromatic N) is 2. The van der Waals surface area contributed by atoms with E-state index in [9.17, 15) is 4.79 Å². The molecule has 0 unspecified atom stereocenters. The first-order valence-electron chi connectivity index (χ1n) is 8.63. The highest BCUT2D eigenvalue weighted by atomic mass is 16.5. The third-order valence-corrected chi connectivity index (χ3v) is 4.27. The quantitative estimate of drug-likeness (QED) is 0.448. The summed E-state index contributed by atoms with van der Waals surface area (Å²) in [4.78, 5) is 16.1. The lowest BCUT2D eigenvalue weighted by atomic mass is 9.99. The van der Waals surface area contributed by atoms with Crippen molar-refractivity contribution in [1.82, 2.24) is 4.57 Å². The van der Waals surface area contributed by atoms with E-state index in [-0.39, 0.29) is 0 Å². The average molecular weight is 344 g/mol. The second-order valence-electron chi connectivity index (χ2n) is 5.80. The lowest BCUT2D eigenvalue weighted by molar-refractivity contribution is 0.0515. The molecule has 130 valence electrons. The number of carbonyl (C=O) groups is 1. The van der Waals surface area contributed by atoms with Gasteiger partial charge in [0.25, 0.3) is 0 Å². The molecule has 0 bridgehead atoms. The van der Waals surface area contributed by atoms with E-state index in [1.54, 1.807) is 17.7 Å². The van der Waals surface area contributed by atoms with Crippen LogP contribution < -0.4 is 0 Å². The smallest absolute Gasteiger partial charge is 0.354 e. The first kappa shape index (κ1) is 17.5. The number of hydrogen-bond donors (Lipinski definition) is 0. The molecule has 3 rings (SSSR count). The molecule has 2 aromatic carbocycles. The van der Waals surface area contributed by atoms with Gasteiger partial charge in [-0.15, -0.1) is 0 Å². The van der Waals surface area contributed by atoms with E-state index in [4.69, 9.17) is 11.3 Å². The van der Waals surface area contributed by atoms with Gasteiger partial charge in [0.15, 0.2) is 0 Å². The highest BCUT2D eigenvalue weighted by Crippen LogP contribution is 2.37. The molecule has 0 amide bonds. The molecule has 0 aliphatic rings. The van der Waals surface area contributed by atoms with E-state index in [1.807, 2.05) is 49.4 Å². The van der Waals surface area contributed by atoms with Gasteiger partial charge in [-0.05, 0) is 30.5 Å². The maximum absolute atomic E-state index is 12.5. The number of aryl methyl sites for hydroxylation is 1. The Labute approximate surface area is 153 Å². The number of carbonyl (C=O) groups excluding carboxylic acids is 1. The van der Waals surface area contributed by atoms with Crippen LogP contribution >= 0.6 is 0 Å². The van der Waals surface area contributed by atoms with Gasteiger partial charge < -0.3 is 9.30 Å². The van der Waals surface area contributed by atoms with Crippen molar-refractivity contribution in [2.24, 2.45) is 0 Å². The Bertz CT molecular complexity index is 948. The number of aromatic nitrogens is 1. The summed E-state index contributed by atoms with van der Waals surface area (Å²) in [6.45, 7) is 12.1. The summed E-state index contributed by atoms with van der Waals surface area (Å²) in [5.41, 5.74) is 4.59. The van der Waals surface area contributed by atoms with Gasteiger partial charge in [0.05, 0.1) is 13.2 Å². The Morgan fingerprint density at radius 1 is 1.00 bits per heavy atom. The molecule has 1 aromatic heterocycles. The second-order valence-corrected chi connectivity index (χ2v) is 5.80. The fourth-order valence-corrected chi connectivity index (χ4v) is 3.04. The standard InChI is InChI=1S/C22H20N2O2/c1-4-24-15-19(23-3)20(21(24)22(25)26-5-2)18-13-11-17(12-14-18)16-9-7-6-8-10-16/h6-15H,4-5H2,1-2H3. The van der Waals surface area contributed by atoms with Crippen molar-refractivity contribution in [3.8, 4) is 22.3 Å². The van der Waals surface area contributed by atoms with E-state index in [1.165, 1.54) is 0 Å². The van der Waals surface area contributed by atoms with Crippen molar-refractivity contribution in [2.45, 2.75) is 20.4 Å². The van der Waals surface area contributed by atoms with E-state index < -0.39 is 5.97 Å². The number of rotatable bonds is 5. The molecule has 0 spiro atoms. The van der Waals surface area contributed by atoms with Gasteiger partial charge in [-0.3, -0.25) is 0 Å². The Balaban J connectivity index is 2.10. The van der Waals surface area contributed by atoms with Crippen LogP contribution in [0.1, 0.15) is 24.3 Å². The lowest BCUT2D eigenvalue weighted by Gasteiger charge is -2.10. The fraction of sp³-hybridized carbons (Fsp3) is 0.182. The molecular formula is C22H20N2O2. The Morgan fingerprint density at radius 3 is 2.19 bits per heavy atom. The first-order valence-corrected chi connectivity index (χ1v) is 8.63. The number of esters is 1. The van der Waals surface area contributed by atoms with Crippen LogP contribution in [0, 0.1) is 6.57 Å². The van der Waals surface area contributed by atoms with Crippen molar-refractivity contribution in [3.63, 3.8) is 0 Å². The third-order valence-electron chi connectivity index (χ3n) is 4.27. The van der Waals surface area contributed by atoms with E-state index >= 15 is 0 Å². The van der Waals surface area contributed by atoms with Crippen LogP contribution in [0.15, 0.2) is 60.8 Å². The van der Waals surface area contributed by atoms with Crippen LogP contribution in [0.5, 0.6) is 0 Å². The predicted octanol–water partition coefficient (Wildman–Crippen LogP) is 5.57. The first-order chi connectivity index (χ1) is 12.7. The van der Waals surface area contributed by atoms with Crippen LogP contribution in [0.3, 0.4) is 0 Å². The molecule has 0 N–H and O–H groups in total. The molecule has 0 atom stereocenters. The van der Waals surface area contributed by atoms with E-state index in [0.717, 1.165) is 16.7 Å². The van der Waals surface area contributed by atoms with Crippen LogP contribution in [-0.2, 0) is 11.3 Å². The fourth-order valence-electron chi connectivity index (χ4n) is 3.04. The summed E-state index contributed by atoms with van der Waals surface area (Å²) in [5.74, 6) is -0.397. The van der Waals surface area contributed by atoms with Gasteiger partial charge in [-0.2, -0.15) is 0 Å². The number of ether oxygens (including phenoxy) is 1. The Kier molecular flexibility index (Phi) is 5.19. The molecule has 4 heteroatoms. The number of hydrogen-bond acceptors (Lipinski definition) is 2.